The standard InChI is InChI=1S/C10H7FO3/c11-9-4-3-7(2-1-5-12)6-8(9)10(13)14/h1-6H,(H,13,14). The van der Waals surface area contributed by atoms with E-state index in [0.717, 1.165) is 12.1 Å². The third-order valence-electron chi connectivity index (χ3n) is 1.59. The second kappa shape index (κ2) is 4.32. The molecule has 4 heteroatoms. The van der Waals surface area contributed by atoms with Crippen molar-refractivity contribution >= 4 is 18.3 Å². The highest BCUT2D eigenvalue weighted by atomic mass is 19.1. The Labute approximate surface area is 79.5 Å². The molecular formula is C10H7FO3. The van der Waals surface area contributed by atoms with E-state index < -0.39 is 17.3 Å². The van der Waals surface area contributed by atoms with Gasteiger partial charge in [-0.15, -0.1) is 0 Å². The van der Waals surface area contributed by atoms with Gasteiger partial charge in [0.05, 0.1) is 5.56 Å². The summed E-state index contributed by atoms with van der Waals surface area (Å²) in [5.41, 5.74) is 0.0638. The zero-order chi connectivity index (χ0) is 10.6. The number of aldehydes is 1. The zero-order valence-corrected chi connectivity index (χ0v) is 7.11. The minimum Gasteiger partial charge on any atom is -0.478 e. The molecule has 0 bridgehead atoms. The van der Waals surface area contributed by atoms with Crippen LogP contribution in [0.25, 0.3) is 6.08 Å². The lowest BCUT2D eigenvalue weighted by atomic mass is 10.1. The highest BCUT2D eigenvalue weighted by Gasteiger charge is 2.09. The fourth-order valence-electron chi connectivity index (χ4n) is 0.961. The van der Waals surface area contributed by atoms with E-state index in [-0.39, 0.29) is 0 Å². The molecule has 0 aliphatic heterocycles. The first-order valence-corrected chi connectivity index (χ1v) is 3.80. The maximum absolute atomic E-state index is 12.9. The van der Waals surface area contributed by atoms with Gasteiger partial charge in [0.25, 0.3) is 0 Å². The Kier molecular flexibility index (Phi) is 3.12. The van der Waals surface area contributed by atoms with Crippen LogP contribution < -0.4 is 0 Å². The summed E-state index contributed by atoms with van der Waals surface area (Å²) in [5.74, 6) is -2.12. The minimum atomic E-state index is -1.33. The smallest absolute Gasteiger partial charge is 0.338 e. The SMILES string of the molecule is O=CC=Cc1ccc(F)c(C(=O)O)c1. The van der Waals surface area contributed by atoms with Crippen molar-refractivity contribution in [2.24, 2.45) is 0 Å². The summed E-state index contributed by atoms with van der Waals surface area (Å²) in [6, 6.07) is 3.60. The molecule has 1 N–H and O–H groups in total. The van der Waals surface area contributed by atoms with Crippen LogP contribution in [0.4, 0.5) is 4.39 Å². The Morgan fingerprint density at radius 1 is 1.43 bits per heavy atom. The number of allylic oxidation sites excluding steroid dienone is 1. The first kappa shape index (κ1) is 10.1. The molecule has 0 unspecified atom stereocenters. The van der Waals surface area contributed by atoms with Crippen LogP contribution in [0, 0.1) is 5.82 Å². The van der Waals surface area contributed by atoms with E-state index in [1.54, 1.807) is 0 Å². The summed E-state index contributed by atoms with van der Waals surface area (Å²) >= 11 is 0. The maximum Gasteiger partial charge on any atom is 0.338 e. The predicted molar refractivity (Wildman–Crippen MR) is 48.5 cm³/mol. The van der Waals surface area contributed by atoms with Crippen LogP contribution in [-0.2, 0) is 4.79 Å². The number of carbonyl (C=O) groups is 2. The Bertz CT molecular complexity index is 396. The van der Waals surface area contributed by atoms with Crippen molar-refractivity contribution in [3.63, 3.8) is 0 Å². The second-order valence-electron chi connectivity index (χ2n) is 2.54. The number of aromatic carboxylic acids is 1. The molecular weight excluding hydrogens is 187 g/mol. The fraction of sp³-hybridized carbons (Fsp3) is 0. The van der Waals surface area contributed by atoms with Gasteiger partial charge in [0, 0.05) is 0 Å². The van der Waals surface area contributed by atoms with Gasteiger partial charge in [0.1, 0.15) is 12.1 Å². The average molecular weight is 194 g/mol. The molecule has 0 saturated carbocycles. The van der Waals surface area contributed by atoms with E-state index in [1.807, 2.05) is 0 Å². The van der Waals surface area contributed by atoms with Crippen LogP contribution in [0.5, 0.6) is 0 Å². The molecule has 1 aromatic carbocycles. The lowest BCUT2D eigenvalue weighted by Crippen LogP contribution is -2.00. The van der Waals surface area contributed by atoms with Crippen LogP contribution in [0.1, 0.15) is 15.9 Å². The largest absolute Gasteiger partial charge is 0.478 e. The van der Waals surface area contributed by atoms with Crippen LogP contribution in [0.15, 0.2) is 24.3 Å². The van der Waals surface area contributed by atoms with Gasteiger partial charge < -0.3 is 5.11 Å². The molecule has 0 radical (unpaired) electrons. The van der Waals surface area contributed by atoms with Gasteiger partial charge in [0.2, 0.25) is 0 Å². The molecule has 0 aliphatic rings. The fourth-order valence-corrected chi connectivity index (χ4v) is 0.961. The van der Waals surface area contributed by atoms with Crippen molar-refractivity contribution in [1.82, 2.24) is 0 Å². The number of hydrogen-bond acceptors (Lipinski definition) is 2. The summed E-state index contributed by atoms with van der Waals surface area (Å²) in [6.07, 6.45) is 3.17. The van der Waals surface area contributed by atoms with Crippen molar-refractivity contribution in [2.75, 3.05) is 0 Å². The molecule has 0 fully saturated rings. The Morgan fingerprint density at radius 2 is 2.14 bits per heavy atom. The summed E-state index contributed by atoms with van der Waals surface area (Å²) in [6.45, 7) is 0. The average Bonchev–Trinajstić information content (AvgIpc) is 2.16. The molecule has 0 atom stereocenters. The predicted octanol–water partition coefficient (Wildman–Crippen LogP) is 1.74. The van der Waals surface area contributed by atoms with Crippen LogP contribution in [0.3, 0.4) is 0 Å². The van der Waals surface area contributed by atoms with Gasteiger partial charge in [0.15, 0.2) is 0 Å². The first-order chi connectivity index (χ1) is 6.65. The number of carboxylic acids is 1. The Hall–Kier alpha value is -1.97. The monoisotopic (exact) mass is 194 g/mol. The maximum atomic E-state index is 12.9. The van der Waals surface area contributed by atoms with Crippen molar-refractivity contribution in [1.29, 1.82) is 0 Å². The minimum absolute atomic E-state index is 0.405. The van der Waals surface area contributed by atoms with Gasteiger partial charge in [-0.1, -0.05) is 12.1 Å². The number of hydrogen-bond donors (Lipinski definition) is 1. The molecule has 0 aromatic heterocycles. The summed E-state index contributed by atoms with van der Waals surface area (Å²) in [7, 11) is 0. The van der Waals surface area contributed by atoms with E-state index in [2.05, 4.69) is 0 Å². The summed E-state index contributed by atoms with van der Waals surface area (Å²) < 4.78 is 12.9. The quantitative estimate of drug-likeness (QED) is 0.589. The number of benzene rings is 1. The molecule has 0 heterocycles. The first-order valence-electron chi connectivity index (χ1n) is 3.80. The molecule has 0 spiro atoms. The number of carboxylic acid groups (broad SMARTS) is 1. The molecule has 14 heavy (non-hydrogen) atoms. The van der Waals surface area contributed by atoms with E-state index in [4.69, 9.17) is 5.11 Å². The molecule has 1 aromatic rings. The Morgan fingerprint density at radius 3 is 2.71 bits per heavy atom. The lowest BCUT2D eigenvalue weighted by Gasteiger charge is -1.98. The van der Waals surface area contributed by atoms with Gasteiger partial charge >= 0.3 is 5.97 Å². The normalized spacial score (nSPS) is 10.4. The third-order valence-corrected chi connectivity index (χ3v) is 1.59. The number of rotatable bonds is 3. The van der Waals surface area contributed by atoms with Crippen molar-refractivity contribution in [3.05, 3.63) is 41.2 Å². The molecule has 0 aliphatic carbocycles. The second-order valence-corrected chi connectivity index (χ2v) is 2.54. The summed E-state index contributed by atoms with van der Waals surface area (Å²) in [4.78, 5) is 20.5. The van der Waals surface area contributed by atoms with Crippen molar-refractivity contribution < 1.29 is 19.1 Å². The highest BCUT2D eigenvalue weighted by molar-refractivity contribution is 5.89. The topological polar surface area (TPSA) is 54.4 Å². The van der Waals surface area contributed by atoms with Gasteiger partial charge in [-0.2, -0.15) is 0 Å². The molecule has 0 amide bonds. The summed E-state index contributed by atoms with van der Waals surface area (Å²) in [5, 5.41) is 8.58. The zero-order valence-electron chi connectivity index (χ0n) is 7.11. The number of halogens is 1. The van der Waals surface area contributed by atoms with Gasteiger partial charge in [-0.3, -0.25) is 4.79 Å². The molecule has 72 valence electrons. The van der Waals surface area contributed by atoms with Crippen LogP contribution in [-0.4, -0.2) is 17.4 Å². The third kappa shape index (κ3) is 2.26. The van der Waals surface area contributed by atoms with Crippen LogP contribution >= 0.6 is 0 Å². The van der Waals surface area contributed by atoms with E-state index in [1.165, 1.54) is 18.2 Å². The Balaban J connectivity index is 3.12. The van der Waals surface area contributed by atoms with E-state index >= 15 is 0 Å². The van der Waals surface area contributed by atoms with E-state index in [9.17, 15) is 14.0 Å². The van der Waals surface area contributed by atoms with Gasteiger partial charge in [-0.05, 0) is 23.8 Å². The van der Waals surface area contributed by atoms with Gasteiger partial charge in [-0.25, -0.2) is 9.18 Å². The molecule has 3 nitrogen and oxygen atoms in total. The lowest BCUT2D eigenvalue weighted by molar-refractivity contribution is -0.104. The van der Waals surface area contributed by atoms with Crippen molar-refractivity contribution in [3.8, 4) is 0 Å². The highest BCUT2D eigenvalue weighted by Crippen LogP contribution is 2.11. The molecule has 0 saturated heterocycles. The van der Waals surface area contributed by atoms with Crippen molar-refractivity contribution in [2.45, 2.75) is 0 Å². The molecule has 1 rings (SSSR count). The number of carbonyl (C=O) groups excluding carboxylic acids is 1. The van der Waals surface area contributed by atoms with Crippen LogP contribution in [0.2, 0.25) is 0 Å². The van der Waals surface area contributed by atoms with E-state index in [0.29, 0.717) is 11.8 Å².